The Labute approximate surface area is 154 Å². The van der Waals surface area contributed by atoms with Gasteiger partial charge in [-0.1, -0.05) is 31.2 Å². The van der Waals surface area contributed by atoms with Crippen LogP contribution in [0.25, 0.3) is 0 Å². The van der Waals surface area contributed by atoms with Gasteiger partial charge in [-0.25, -0.2) is 4.79 Å². The molecular formula is C21H25NO4. The van der Waals surface area contributed by atoms with Crippen LogP contribution in [0.4, 0.5) is 0 Å². The summed E-state index contributed by atoms with van der Waals surface area (Å²) in [5, 5.41) is 8.91. The minimum absolute atomic E-state index is 0.0228. The van der Waals surface area contributed by atoms with E-state index in [0.717, 1.165) is 17.7 Å². The number of methoxy groups -OCH3 is 1. The molecule has 2 aromatic carbocycles. The number of carboxylic acid groups (broad SMARTS) is 1. The van der Waals surface area contributed by atoms with Crippen LogP contribution in [0, 0.1) is 5.92 Å². The fourth-order valence-electron chi connectivity index (χ4n) is 2.87. The zero-order valence-electron chi connectivity index (χ0n) is 15.4. The molecule has 0 fully saturated rings. The van der Waals surface area contributed by atoms with E-state index in [4.69, 9.17) is 9.84 Å². The monoisotopic (exact) mass is 355 g/mol. The summed E-state index contributed by atoms with van der Waals surface area (Å²) in [5.74, 6) is 0.219. The molecule has 2 aromatic rings. The molecule has 5 nitrogen and oxygen atoms in total. The minimum Gasteiger partial charge on any atom is -0.497 e. The van der Waals surface area contributed by atoms with E-state index < -0.39 is 5.97 Å². The van der Waals surface area contributed by atoms with E-state index in [1.54, 1.807) is 31.2 Å². The first-order chi connectivity index (χ1) is 12.4. The van der Waals surface area contributed by atoms with Gasteiger partial charge >= 0.3 is 5.97 Å². The highest BCUT2D eigenvalue weighted by atomic mass is 16.5. The maximum absolute atomic E-state index is 12.4. The van der Waals surface area contributed by atoms with E-state index in [1.165, 1.54) is 17.7 Å². The van der Waals surface area contributed by atoms with E-state index in [0.29, 0.717) is 12.5 Å². The van der Waals surface area contributed by atoms with Gasteiger partial charge in [0.25, 0.3) is 0 Å². The first-order valence-electron chi connectivity index (χ1n) is 8.58. The second-order valence-electron chi connectivity index (χ2n) is 6.61. The highest BCUT2D eigenvalue weighted by molar-refractivity contribution is 5.87. The molecule has 1 amide bonds. The third-order valence-electron chi connectivity index (χ3n) is 4.31. The average Bonchev–Trinajstić information content (AvgIpc) is 2.62. The van der Waals surface area contributed by atoms with Crippen molar-refractivity contribution in [2.24, 2.45) is 5.92 Å². The Balaban J connectivity index is 1.85. The molecule has 0 saturated carbocycles. The first-order valence-corrected chi connectivity index (χ1v) is 8.58. The van der Waals surface area contributed by atoms with Gasteiger partial charge in [0, 0.05) is 13.6 Å². The molecule has 0 heterocycles. The zero-order chi connectivity index (χ0) is 19.1. The van der Waals surface area contributed by atoms with Gasteiger partial charge in [0.2, 0.25) is 5.91 Å². The first kappa shape index (κ1) is 19.5. The van der Waals surface area contributed by atoms with Gasteiger partial charge in [0.1, 0.15) is 5.75 Å². The summed E-state index contributed by atoms with van der Waals surface area (Å²) in [6.45, 7) is 2.79. The maximum Gasteiger partial charge on any atom is 0.335 e. The number of carbonyl (C=O) groups is 2. The number of hydrogen-bond acceptors (Lipinski definition) is 3. The Kier molecular flexibility index (Phi) is 6.78. The minimum atomic E-state index is -0.965. The molecule has 0 aliphatic rings. The number of benzene rings is 2. The maximum atomic E-state index is 12.4. The van der Waals surface area contributed by atoms with Crippen LogP contribution in [0.2, 0.25) is 0 Å². The molecule has 1 atom stereocenters. The van der Waals surface area contributed by atoms with E-state index in [9.17, 15) is 9.59 Å². The van der Waals surface area contributed by atoms with Gasteiger partial charge in [0.15, 0.2) is 0 Å². The lowest BCUT2D eigenvalue weighted by Crippen LogP contribution is -2.32. The molecule has 0 spiro atoms. The van der Waals surface area contributed by atoms with Crippen LogP contribution in [0.15, 0.2) is 48.5 Å². The van der Waals surface area contributed by atoms with Crippen molar-refractivity contribution in [1.29, 1.82) is 0 Å². The number of nitrogens with zero attached hydrogens (tertiary/aromatic N) is 1. The number of carboxylic acids is 1. The van der Waals surface area contributed by atoms with Crippen molar-refractivity contribution in [3.63, 3.8) is 0 Å². The summed E-state index contributed by atoms with van der Waals surface area (Å²) in [6.07, 6.45) is 1.15. The molecule has 2 rings (SSSR count). The van der Waals surface area contributed by atoms with Crippen LogP contribution in [0.5, 0.6) is 5.75 Å². The quantitative estimate of drug-likeness (QED) is 0.789. The van der Waals surface area contributed by atoms with Crippen molar-refractivity contribution in [1.82, 2.24) is 4.90 Å². The number of likely N-dealkylation sites (N-methyl/N-ethyl adjacent to an activating group) is 1. The Morgan fingerprint density at radius 2 is 1.62 bits per heavy atom. The molecule has 26 heavy (non-hydrogen) atoms. The summed E-state index contributed by atoms with van der Waals surface area (Å²) in [7, 11) is 3.45. The predicted octanol–water partition coefficient (Wildman–Crippen LogP) is 3.27. The van der Waals surface area contributed by atoms with Crippen LogP contribution in [0.3, 0.4) is 0 Å². The Morgan fingerprint density at radius 3 is 2.15 bits per heavy atom. The topological polar surface area (TPSA) is 66.8 Å². The molecule has 0 aromatic heterocycles. The predicted molar refractivity (Wildman–Crippen MR) is 101 cm³/mol. The lowest BCUT2D eigenvalue weighted by atomic mass is 10.0. The van der Waals surface area contributed by atoms with Gasteiger partial charge in [-0.15, -0.1) is 0 Å². The number of amides is 1. The van der Waals surface area contributed by atoms with Gasteiger partial charge in [0.05, 0.1) is 19.1 Å². The summed E-state index contributed by atoms with van der Waals surface area (Å²) in [4.78, 5) is 25.0. The molecule has 0 aliphatic heterocycles. The largest absolute Gasteiger partial charge is 0.497 e. The lowest BCUT2D eigenvalue weighted by Gasteiger charge is -2.22. The number of aromatic carboxylic acids is 1. The van der Waals surface area contributed by atoms with Crippen LogP contribution in [-0.4, -0.2) is 42.6 Å². The van der Waals surface area contributed by atoms with Crippen LogP contribution in [-0.2, 0) is 17.6 Å². The van der Waals surface area contributed by atoms with Gasteiger partial charge < -0.3 is 14.7 Å². The van der Waals surface area contributed by atoms with E-state index in [-0.39, 0.29) is 17.9 Å². The van der Waals surface area contributed by atoms with Crippen molar-refractivity contribution >= 4 is 11.9 Å². The second-order valence-corrected chi connectivity index (χ2v) is 6.61. The summed E-state index contributed by atoms with van der Waals surface area (Å²) < 4.78 is 5.16. The summed E-state index contributed by atoms with van der Waals surface area (Å²) in [6, 6.07) is 14.4. The molecule has 0 radical (unpaired) electrons. The molecule has 138 valence electrons. The van der Waals surface area contributed by atoms with Crippen LogP contribution in [0.1, 0.15) is 28.4 Å². The van der Waals surface area contributed by atoms with Gasteiger partial charge in [-0.2, -0.15) is 0 Å². The summed E-state index contributed by atoms with van der Waals surface area (Å²) in [5.41, 5.74) is 2.25. The van der Waals surface area contributed by atoms with Crippen molar-refractivity contribution in [2.45, 2.75) is 19.8 Å². The van der Waals surface area contributed by atoms with Crippen molar-refractivity contribution < 1.29 is 19.4 Å². The lowest BCUT2D eigenvalue weighted by molar-refractivity contribution is -0.129. The Morgan fingerprint density at radius 1 is 1.04 bits per heavy atom. The normalized spacial score (nSPS) is 11.7. The van der Waals surface area contributed by atoms with Crippen LogP contribution < -0.4 is 4.74 Å². The molecule has 1 N–H and O–H groups in total. The third kappa shape index (κ3) is 5.62. The fraction of sp³-hybridized carbons (Fsp3) is 0.333. The van der Waals surface area contributed by atoms with Gasteiger partial charge in [-0.05, 0) is 47.7 Å². The fourth-order valence-corrected chi connectivity index (χ4v) is 2.87. The van der Waals surface area contributed by atoms with Crippen molar-refractivity contribution in [3.8, 4) is 5.75 Å². The molecule has 0 bridgehead atoms. The summed E-state index contributed by atoms with van der Waals surface area (Å²) >= 11 is 0. The SMILES string of the molecule is COc1ccc(CC(C)CN(C)C(=O)Cc2ccc(C(=O)O)cc2)cc1. The second kappa shape index (κ2) is 9.04. The van der Waals surface area contributed by atoms with Crippen molar-refractivity contribution in [3.05, 3.63) is 65.2 Å². The molecular weight excluding hydrogens is 330 g/mol. The highest BCUT2D eigenvalue weighted by Gasteiger charge is 2.14. The smallest absolute Gasteiger partial charge is 0.335 e. The molecule has 0 saturated heterocycles. The Hall–Kier alpha value is -2.82. The Bertz CT molecular complexity index is 738. The van der Waals surface area contributed by atoms with E-state index in [1.807, 2.05) is 24.3 Å². The third-order valence-corrected chi connectivity index (χ3v) is 4.31. The number of carbonyl (C=O) groups excluding carboxylic acids is 1. The standard InChI is InChI=1S/C21H25NO4/c1-15(12-16-6-10-19(26-3)11-7-16)14-22(2)20(23)13-17-4-8-18(9-5-17)21(24)25/h4-11,15H,12-14H2,1-3H3,(H,24,25). The molecule has 0 aliphatic carbocycles. The number of ether oxygens (including phenoxy) is 1. The van der Waals surface area contributed by atoms with Gasteiger partial charge in [-0.3, -0.25) is 4.79 Å². The number of hydrogen-bond donors (Lipinski definition) is 1. The van der Waals surface area contributed by atoms with Crippen molar-refractivity contribution in [2.75, 3.05) is 20.7 Å². The molecule has 5 heteroatoms. The molecule has 1 unspecified atom stereocenters. The van der Waals surface area contributed by atoms with E-state index in [2.05, 4.69) is 6.92 Å². The van der Waals surface area contributed by atoms with E-state index >= 15 is 0 Å². The average molecular weight is 355 g/mol. The zero-order valence-corrected chi connectivity index (χ0v) is 15.4. The van der Waals surface area contributed by atoms with Crippen LogP contribution >= 0.6 is 0 Å². The highest BCUT2D eigenvalue weighted by Crippen LogP contribution is 2.15. The number of rotatable bonds is 8.